The number of benzene rings is 2. The largest absolute Gasteiger partial charge is 0.0776 e. The SMILES string of the molecule is C.c1ccc2cc3c(cc2c1)CCCC3. The van der Waals surface area contributed by atoms with Crippen LogP contribution < -0.4 is 0 Å². The lowest BCUT2D eigenvalue weighted by atomic mass is 9.89. The maximum Gasteiger partial charge on any atom is -0.0181 e. The fraction of sp³-hybridized carbons (Fsp3) is 0.333. The normalized spacial score (nSPS) is 14.4. The Balaban J connectivity index is 0.000000853. The molecule has 2 aromatic carbocycles. The highest BCUT2D eigenvalue weighted by molar-refractivity contribution is 5.84. The highest BCUT2D eigenvalue weighted by atomic mass is 14.1. The Bertz CT molecular complexity index is 424. The quantitative estimate of drug-likeness (QED) is 0.590. The molecule has 1 aliphatic carbocycles. The molecule has 0 saturated carbocycles. The molecule has 0 saturated heterocycles. The monoisotopic (exact) mass is 198 g/mol. The molecule has 0 heteroatoms. The molecule has 0 spiro atoms. The van der Waals surface area contributed by atoms with Gasteiger partial charge in [-0.3, -0.25) is 0 Å². The number of rotatable bonds is 0. The van der Waals surface area contributed by atoms with E-state index in [0.717, 1.165) is 0 Å². The first-order valence-corrected chi connectivity index (χ1v) is 5.44. The van der Waals surface area contributed by atoms with E-state index < -0.39 is 0 Å². The van der Waals surface area contributed by atoms with Crippen molar-refractivity contribution in [1.82, 2.24) is 0 Å². The van der Waals surface area contributed by atoms with Crippen LogP contribution in [0.5, 0.6) is 0 Å². The summed E-state index contributed by atoms with van der Waals surface area (Å²) in [6.45, 7) is 0. The number of hydrogen-bond donors (Lipinski definition) is 0. The summed E-state index contributed by atoms with van der Waals surface area (Å²) in [5, 5.41) is 2.79. The molecule has 0 heterocycles. The zero-order valence-electron chi connectivity index (χ0n) is 8.29. The molecule has 0 bridgehead atoms. The van der Waals surface area contributed by atoms with Crippen LogP contribution in [-0.4, -0.2) is 0 Å². The number of aryl methyl sites for hydroxylation is 2. The van der Waals surface area contributed by atoms with Crippen LogP contribution in [0.2, 0.25) is 0 Å². The van der Waals surface area contributed by atoms with Crippen molar-refractivity contribution in [2.24, 2.45) is 0 Å². The second kappa shape index (κ2) is 4.06. The van der Waals surface area contributed by atoms with Gasteiger partial charge < -0.3 is 0 Å². The van der Waals surface area contributed by atoms with Crippen LogP contribution in [-0.2, 0) is 12.8 Å². The van der Waals surface area contributed by atoms with Gasteiger partial charge in [-0.1, -0.05) is 43.8 Å². The standard InChI is InChI=1S/C14H14.CH4/c1-2-6-12-10-14-8-4-3-7-13(14)9-11(12)5-1;/h1-2,5-6,9-10H,3-4,7-8H2;1H4. The van der Waals surface area contributed by atoms with E-state index in [9.17, 15) is 0 Å². The van der Waals surface area contributed by atoms with Crippen LogP contribution >= 0.6 is 0 Å². The van der Waals surface area contributed by atoms with Crippen molar-refractivity contribution < 1.29 is 0 Å². The average Bonchev–Trinajstić information content (AvgIpc) is 2.26. The lowest BCUT2D eigenvalue weighted by Gasteiger charge is -2.16. The predicted octanol–water partition coefficient (Wildman–Crippen LogP) is 4.35. The molecule has 2 aromatic rings. The van der Waals surface area contributed by atoms with Gasteiger partial charge in [0, 0.05) is 0 Å². The van der Waals surface area contributed by atoms with Gasteiger partial charge in [0.2, 0.25) is 0 Å². The lowest BCUT2D eigenvalue weighted by Crippen LogP contribution is -2.01. The minimum Gasteiger partial charge on any atom is -0.0776 e. The summed E-state index contributed by atoms with van der Waals surface area (Å²) in [7, 11) is 0. The summed E-state index contributed by atoms with van der Waals surface area (Å²) in [4.78, 5) is 0. The van der Waals surface area contributed by atoms with Crippen molar-refractivity contribution >= 4 is 10.8 Å². The van der Waals surface area contributed by atoms with Gasteiger partial charge in [-0.2, -0.15) is 0 Å². The van der Waals surface area contributed by atoms with Crippen LogP contribution in [0.15, 0.2) is 36.4 Å². The summed E-state index contributed by atoms with van der Waals surface area (Å²) < 4.78 is 0. The van der Waals surface area contributed by atoms with Gasteiger partial charge >= 0.3 is 0 Å². The molecule has 0 fully saturated rings. The zero-order chi connectivity index (χ0) is 9.38. The van der Waals surface area contributed by atoms with E-state index in [1.54, 1.807) is 11.1 Å². The highest BCUT2D eigenvalue weighted by Gasteiger charge is 2.09. The minimum absolute atomic E-state index is 0. The summed E-state index contributed by atoms with van der Waals surface area (Å²) in [5.74, 6) is 0. The van der Waals surface area contributed by atoms with Gasteiger partial charge in [-0.05, 0) is 47.6 Å². The molecule has 78 valence electrons. The summed E-state index contributed by atoms with van der Waals surface area (Å²) >= 11 is 0. The summed E-state index contributed by atoms with van der Waals surface area (Å²) in [5.41, 5.74) is 3.16. The van der Waals surface area contributed by atoms with E-state index in [2.05, 4.69) is 36.4 Å². The van der Waals surface area contributed by atoms with Crippen molar-refractivity contribution in [2.45, 2.75) is 33.1 Å². The van der Waals surface area contributed by atoms with Crippen molar-refractivity contribution in [3.05, 3.63) is 47.5 Å². The Labute approximate surface area is 91.9 Å². The summed E-state index contributed by atoms with van der Waals surface area (Å²) in [6.07, 6.45) is 5.29. The van der Waals surface area contributed by atoms with Crippen molar-refractivity contribution in [1.29, 1.82) is 0 Å². The molecular formula is C15H18. The van der Waals surface area contributed by atoms with Crippen LogP contribution in [0.25, 0.3) is 10.8 Å². The second-order valence-corrected chi connectivity index (χ2v) is 4.18. The molecule has 0 aromatic heterocycles. The van der Waals surface area contributed by atoms with Gasteiger partial charge in [0.15, 0.2) is 0 Å². The van der Waals surface area contributed by atoms with E-state index in [0.29, 0.717) is 0 Å². The van der Waals surface area contributed by atoms with Gasteiger partial charge in [0.1, 0.15) is 0 Å². The minimum atomic E-state index is 0. The molecule has 0 aliphatic heterocycles. The Kier molecular flexibility index (Phi) is 2.77. The smallest absolute Gasteiger partial charge is 0.0181 e. The van der Waals surface area contributed by atoms with E-state index >= 15 is 0 Å². The third-order valence-electron chi connectivity index (χ3n) is 3.21. The topological polar surface area (TPSA) is 0 Å². The Morgan fingerprint density at radius 1 is 0.733 bits per heavy atom. The molecular weight excluding hydrogens is 180 g/mol. The van der Waals surface area contributed by atoms with E-state index in [1.807, 2.05) is 0 Å². The van der Waals surface area contributed by atoms with Crippen molar-refractivity contribution in [3.63, 3.8) is 0 Å². The molecule has 15 heavy (non-hydrogen) atoms. The maximum atomic E-state index is 2.38. The van der Waals surface area contributed by atoms with Crippen molar-refractivity contribution in [3.8, 4) is 0 Å². The van der Waals surface area contributed by atoms with Gasteiger partial charge in [0.05, 0.1) is 0 Å². The average molecular weight is 198 g/mol. The van der Waals surface area contributed by atoms with E-state index in [-0.39, 0.29) is 7.43 Å². The van der Waals surface area contributed by atoms with Gasteiger partial charge in [0.25, 0.3) is 0 Å². The lowest BCUT2D eigenvalue weighted by molar-refractivity contribution is 0.687. The van der Waals surface area contributed by atoms with E-state index in [4.69, 9.17) is 0 Å². The van der Waals surface area contributed by atoms with Gasteiger partial charge in [-0.25, -0.2) is 0 Å². The molecule has 0 atom stereocenters. The van der Waals surface area contributed by atoms with Crippen LogP contribution in [0.4, 0.5) is 0 Å². The van der Waals surface area contributed by atoms with Gasteiger partial charge in [-0.15, -0.1) is 0 Å². The summed E-state index contributed by atoms with van der Waals surface area (Å²) in [6, 6.07) is 13.4. The zero-order valence-corrected chi connectivity index (χ0v) is 8.29. The van der Waals surface area contributed by atoms with Crippen LogP contribution in [0.3, 0.4) is 0 Å². The fourth-order valence-electron chi connectivity index (χ4n) is 2.43. The predicted molar refractivity (Wildman–Crippen MR) is 67.3 cm³/mol. The molecule has 0 unspecified atom stereocenters. The third-order valence-corrected chi connectivity index (χ3v) is 3.21. The Hall–Kier alpha value is -1.30. The number of fused-ring (bicyclic) bond motifs is 2. The third kappa shape index (κ3) is 1.77. The molecule has 1 aliphatic rings. The highest BCUT2D eigenvalue weighted by Crippen LogP contribution is 2.26. The van der Waals surface area contributed by atoms with Crippen LogP contribution in [0, 0.1) is 0 Å². The van der Waals surface area contributed by atoms with Crippen LogP contribution in [0.1, 0.15) is 31.4 Å². The second-order valence-electron chi connectivity index (χ2n) is 4.18. The van der Waals surface area contributed by atoms with Crippen molar-refractivity contribution in [2.75, 3.05) is 0 Å². The first-order chi connectivity index (χ1) is 6.93. The first-order valence-electron chi connectivity index (χ1n) is 5.44. The molecule has 3 rings (SSSR count). The first kappa shape index (κ1) is 10.2. The Morgan fingerprint density at radius 2 is 1.20 bits per heavy atom. The molecule has 0 N–H and O–H groups in total. The Morgan fingerprint density at radius 3 is 1.67 bits per heavy atom. The number of hydrogen-bond acceptors (Lipinski definition) is 0. The molecule has 0 nitrogen and oxygen atoms in total. The molecule has 0 amide bonds. The van der Waals surface area contributed by atoms with E-state index in [1.165, 1.54) is 36.5 Å². The molecule has 0 radical (unpaired) electrons. The fourth-order valence-corrected chi connectivity index (χ4v) is 2.43. The maximum absolute atomic E-state index is 2.38.